The minimum atomic E-state index is -0.821. The quantitative estimate of drug-likeness (QED) is 0.863. The lowest BCUT2D eigenvalue weighted by Crippen LogP contribution is -2.49. The van der Waals surface area contributed by atoms with Crippen LogP contribution in [0.3, 0.4) is 0 Å². The molecular weight excluding hydrogens is 312 g/mol. The topological polar surface area (TPSA) is 95.9 Å². The molecule has 128 valence electrons. The van der Waals surface area contributed by atoms with Gasteiger partial charge >= 0.3 is 5.97 Å². The number of ether oxygens (including phenoxy) is 1. The van der Waals surface area contributed by atoms with E-state index in [9.17, 15) is 14.4 Å². The summed E-state index contributed by atoms with van der Waals surface area (Å²) in [7, 11) is 0. The van der Waals surface area contributed by atoms with Gasteiger partial charge in [0.25, 0.3) is 5.91 Å². The summed E-state index contributed by atoms with van der Waals surface area (Å²) in [4.78, 5) is 37.1. The molecule has 1 fully saturated rings. The first-order chi connectivity index (χ1) is 11.5. The molecule has 1 aromatic rings. The van der Waals surface area contributed by atoms with Gasteiger partial charge in [-0.1, -0.05) is 12.1 Å². The summed E-state index contributed by atoms with van der Waals surface area (Å²) in [6.45, 7) is 1.55. The van der Waals surface area contributed by atoms with Crippen LogP contribution >= 0.6 is 0 Å². The Kier molecular flexibility index (Phi) is 4.42. The Bertz CT molecular complexity index is 675. The number of aliphatic carboxylic acids is 1. The lowest BCUT2D eigenvalue weighted by molar-refractivity contribution is -0.141. The number of nitrogens with one attached hydrogen (secondary N) is 1. The monoisotopic (exact) mass is 332 g/mol. The van der Waals surface area contributed by atoms with Crippen molar-refractivity contribution in [2.24, 2.45) is 5.92 Å². The second-order valence-electron chi connectivity index (χ2n) is 6.26. The van der Waals surface area contributed by atoms with Crippen LogP contribution in [0.5, 0.6) is 5.75 Å². The predicted molar refractivity (Wildman–Crippen MR) is 85.8 cm³/mol. The first-order valence-electron chi connectivity index (χ1n) is 8.05. The third-order valence-corrected chi connectivity index (χ3v) is 4.52. The summed E-state index contributed by atoms with van der Waals surface area (Å²) in [6.07, 6.45) is 1.00. The van der Waals surface area contributed by atoms with Gasteiger partial charge in [-0.25, -0.2) is 0 Å². The van der Waals surface area contributed by atoms with Crippen LogP contribution in [-0.4, -0.2) is 41.6 Å². The van der Waals surface area contributed by atoms with Crippen molar-refractivity contribution in [1.82, 2.24) is 5.32 Å². The molecule has 7 nitrogen and oxygen atoms in total. The van der Waals surface area contributed by atoms with Crippen LogP contribution in [0.1, 0.15) is 26.2 Å². The Morgan fingerprint density at radius 2 is 2.08 bits per heavy atom. The van der Waals surface area contributed by atoms with Crippen molar-refractivity contribution >= 4 is 23.5 Å². The summed E-state index contributed by atoms with van der Waals surface area (Å²) < 4.78 is 5.54. The molecule has 0 bridgehead atoms. The second kappa shape index (κ2) is 6.51. The van der Waals surface area contributed by atoms with Crippen LogP contribution in [-0.2, 0) is 14.4 Å². The molecule has 1 aliphatic carbocycles. The molecule has 2 aliphatic rings. The van der Waals surface area contributed by atoms with E-state index in [1.54, 1.807) is 25.1 Å². The van der Waals surface area contributed by atoms with E-state index >= 15 is 0 Å². The minimum Gasteiger partial charge on any atom is -0.481 e. The molecule has 1 heterocycles. The van der Waals surface area contributed by atoms with Crippen LogP contribution in [0.4, 0.5) is 5.69 Å². The highest BCUT2D eigenvalue weighted by Crippen LogP contribution is 2.33. The Balaban J connectivity index is 1.66. The predicted octanol–water partition coefficient (Wildman–Crippen LogP) is 1.17. The van der Waals surface area contributed by atoms with E-state index in [0.717, 1.165) is 0 Å². The molecular formula is C17H20N2O5. The summed E-state index contributed by atoms with van der Waals surface area (Å²) in [5, 5.41) is 11.9. The highest BCUT2D eigenvalue weighted by molar-refractivity contribution is 6.03. The molecule has 24 heavy (non-hydrogen) atoms. The Morgan fingerprint density at radius 3 is 2.79 bits per heavy atom. The van der Waals surface area contributed by atoms with E-state index in [-0.39, 0.29) is 24.4 Å². The third-order valence-electron chi connectivity index (χ3n) is 4.52. The van der Waals surface area contributed by atoms with Crippen molar-refractivity contribution in [3.8, 4) is 5.75 Å². The Labute approximate surface area is 139 Å². The van der Waals surface area contributed by atoms with Gasteiger partial charge in [-0.2, -0.15) is 0 Å². The van der Waals surface area contributed by atoms with Crippen LogP contribution in [0.15, 0.2) is 24.3 Å². The number of amides is 2. The number of para-hydroxylation sites is 2. The molecule has 3 atom stereocenters. The van der Waals surface area contributed by atoms with E-state index in [0.29, 0.717) is 30.7 Å². The third kappa shape index (κ3) is 3.20. The molecule has 2 N–H and O–H groups in total. The van der Waals surface area contributed by atoms with E-state index in [1.807, 2.05) is 6.07 Å². The van der Waals surface area contributed by atoms with Gasteiger partial charge < -0.3 is 15.2 Å². The van der Waals surface area contributed by atoms with E-state index in [2.05, 4.69) is 5.32 Å². The van der Waals surface area contributed by atoms with Crippen molar-refractivity contribution in [3.63, 3.8) is 0 Å². The van der Waals surface area contributed by atoms with Gasteiger partial charge in [-0.15, -0.1) is 0 Å². The number of hydrogen-bond acceptors (Lipinski definition) is 4. The Hall–Kier alpha value is -2.57. The van der Waals surface area contributed by atoms with Gasteiger partial charge in [-0.05, 0) is 38.3 Å². The zero-order valence-electron chi connectivity index (χ0n) is 13.4. The number of hydrogen-bond donors (Lipinski definition) is 2. The smallest absolute Gasteiger partial charge is 0.306 e. The van der Waals surface area contributed by atoms with Crippen molar-refractivity contribution in [2.45, 2.75) is 38.3 Å². The Morgan fingerprint density at radius 1 is 1.33 bits per heavy atom. The molecule has 2 amide bonds. The normalized spacial score (nSPS) is 25.8. The number of carbonyl (C=O) groups excluding carboxylic acids is 2. The van der Waals surface area contributed by atoms with E-state index in [4.69, 9.17) is 9.84 Å². The fourth-order valence-electron chi connectivity index (χ4n) is 3.28. The standard InChI is InChI=1S/C17H20N2O5/c1-10-16(21)19(13-4-2-3-5-14(13)24-10)9-15(20)18-12-7-6-11(8-12)17(22)23/h2-5,10-12H,6-9H2,1H3,(H,18,20)(H,22,23)/t10?,11-,12+/m0/s1. The number of benzene rings is 1. The number of anilines is 1. The summed E-state index contributed by atoms with van der Waals surface area (Å²) in [5.41, 5.74) is 0.575. The maximum absolute atomic E-state index is 12.3. The van der Waals surface area contributed by atoms with Crippen molar-refractivity contribution in [1.29, 1.82) is 0 Å². The first-order valence-corrected chi connectivity index (χ1v) is 8.05. The summed E-state index contributed by atoms with van der Waals surface area (Å²) in [6, 6.07) is 6.94. The molecule has 0 radical (unpaired) electrons. The molecule has 3 rings (SSSR count). The zero-order chi connectivity index (χ0) is 17.3. The SMILES string of the molecule is CC1Oc2ccccc2N(CC(=O)N[C@@H]2CC[C@H](C(=O)O)C2)C1=O. The number of carbonyl (C=O) groups is 3. The number of fused-ring (bicyclic) bond motifs is 1. The fourth-order valence-corrected chi connectivity index (χ4v) is 3.28. The number of rotatable bonds is 4. The second-order valence-corrected chi connectivity index (χ2v) is 6.26. The van der Waals surface area contributed by atoms with E-state index in [1.165, 1.54) is 4.90 Å². The highest BCUT2D eigenvalue weighted by Gasteiger charge is 2.34. The van der Waals surface area contributed by atoms with Crippen molar-refractivity contribution < 1.29 is 24.2 Å². The number of nitrogens with zero attached hydrogens (tertiary/aromatic N) is 1. The highest BCUT2D eigenvalue weighted by atomic mass is 16.5. The number of carboxylic acids is 1. The lowest BCUT2D eigenvalue weighted by atomic mass is 10.1. The van der Waals surface area contributed by atoms with Gasteiger partial charge in [-0.3, -0.25) is 19.3 Å². The largest absolute Gasteiger partial charge is 0.481 e. The van der Waals surface area contributed by atoms with Gasteiger partial charge in [0.05, 0.1) is 11.6 Å². The summed E-state index contributed by atoms with van der Waals surface area (Å²) >= 11 is 0. The van der Waals surface area contributed by atoms with Crippen LogP contribution < -0.4 is 15.0 Å². The molecule has 1 unspecified atom stereocenters. The maximum atomic E-state index is 12.3. The van der Waals surface area contributed by atoms with Crippen molar-refractivity contribution in [3.05, 3.63) is 24.3 Å². The van der Waals surface area contributed by atoms with Crippen LogP contribution in [0.25, 0.3) is 0 Å². The average molecular weight is 332 g/mol. The lowest BCUT2D eigenvalue weighted by Gasteiger charge is -2.32. The summed E-state index contributed by atoms with van der Waals surface area (Å²) in [5.74, 6) is -1.20. The van der Waals surface area contributed by atoms with Gasteiger partial charge in [0, 0.05) is 6.04 Å². The molecule has 1 aliphatic heterocycles. The average Bonchev–Trinajstić information content (AvgIpc) is 3.00. The molecule has 0 spiro atoms. The van der Waals surface area contributed by atoms with Crippen LogP contribution in [0.2, 0.25) is 0 Å². The number of carboxylic acid groups (broad SMARTS) is 1. The zero-order valence-corrected chi connectivity index (χ0v) is 13.4. The fraction of sp³-hybridized carbons (Fsp3) is 0.471. The maximum Gasteiger partial charge on any atom is 0.306 e. The first kappa shape index (κ1) is 16.3. The molecule has 0 saturated heterocycles. The van der Waals surface area contributed by atoms with E-state index < -0.39 is 18.0 Å². The molecule has 0 aromatic heterocycles. The minimum absolute atomic E-state index is 0.0994. The van der Waals surface area contributed by atoms with Crippen molar-refractivity contribution in [2.75, 3.05) is 11.4 Å². The van der Waals surface area contributed by atoms with Gasteiger partial charge in [0.2, 0.25) is 5.91 Å². The van der Waals surface area contributed by atoms with Gasteiger partial charge in [0.1, 0.15) is 12.3 Å². The molecule has 1 saturated carbocycles. The van der Waals surface area contributed by atoms with Gasteiger partial charge in [0.15, 0.2) is 6.10 Å². The molecule has 7 heteroatoms. The molecule has 1 aromatic carbocycles. The van der Waals surface area contributed by atoms with Crippen LogP contribution in [0, 0.1) is 5.92 Å².